The van der Waals surface area contributed by atoms with E-state index in [1.165, 1.54) is 0 Å². The second kappa shape index (κ2) is 5.33. The Kier molecular flexibility index (Phi) is 3.92. The normalized spacial score (nSPS) is 31.8. The van der Waals surface area contributed by atoms with Gasteiger partial charge in [0.15, 0.2) is 5.82 Å². The van der Waals surface area contributed by atoms with Crippen molar-refractivity contribution in [3.8, 4) is 0 Å². The molecule has 3 rings (SSSR count). The summed E-state index contributed by atoms with van der Waals surface area (Å²) in [5.74, 6) is -0.802. The van der Waals surface area contributed by atoms with Crippen molar-refractivity contribution in [1.82, 2.24) is 4.72 Å². The number of benzene rings is 1. The van der Waals surface area contributed by atoms with Crippen LogP contribution in [0.25, 0.3) is 0 Å². The monoisotopic (exact) mass is 354 g/mol. The SMILES string of the molecule is NC1C2CCOC2C1NS(=O)(=O)c1ccc(Cl)c(F)c1Cl. The smallest absolute Gasteiger partial charge is 0.242 e. The molecule has 1 aliphatic carbocycles. The molecule has 1 saturated carbocycles. The molecule has 4 unspecified atom stereocenters. The van der Waals surface area contributed by atoms with Gasteiger partial charge in [0, 0.05) is 18.6 Å². The van der Waals surface area contributed by atoms with E-state index in [1.807, 2.05) is 0 Å². The number of fused-ring (bicyclic) bond motifs is 1. The van der Waals surface area contributed by atoms with Gasteiger partial charge in [-0.25, -0.2) is 17.5 Å². The third kappa shape index (κ3) is 2.46. The predicted octanol–water partition coefficient (Wildman–Crippen LogP) is 1.53. The molecular weight excluding hydrogens is 342 g/mol. The van der Waals surface area contributed by atoms with E-state index in [0.29, 0.717) is 6.61 Å². The van der Waals surface area contributed by atoms with Gasteiger partial charge in [0.25, 0.3) is 0 Å². The first-order valence-electron chi connectivity index (χ1n) is 6.36. The maximum absolute atomic E-state index is 13.6. The van der Waals surface area contributed by atoms with E-state index >= 15 is 0 Å². The Bertz CT molecular complexity index is 685. The Morgan fingerprint density at radius 3 is 2.81 bits per heavy atom. The first kappa shape index (κ1) is 15.5. The van der Waals surface area contributed by atoms with Gasteiger partial charge in [-0.1, -0.05) is 23.2 Å². The van der Waals surface area contributed by atoms with Crippen LogP contribution in [0.3, 0.4) is 0 Å². The summed E-state index contributed by atoms with van der Waals surface area (Å²) in [6.45, 7) is 0.567. The van der Waals surface area contributed by atoms with Crippen LogP contribution in [0.1, 0.15) is 6.42 Å². The fourth-order valence-electron chi connectivity index (χ4n) is 2.85. The minimum absolute atomic E-state index is 0.162. The molecule has 21 heavy (non-hydrogen) atoms. The molecule has 0 amide bonds. The molecule has 0 aromatic heterocycles. The van der Waals surface area contributed by atoms with E-state index in [2.05, 4.69) is 4.72 Å². The third-order valence-electron chi connectivity index (χ3n) is 4.03. The molecule has 4 atom stereocenters. The zero-order chi connectivity index (χ0) is 15.4. The van der Waals surface area contributed by atoms with Gasteiger partial charge in [-0.15, -0.1) is 0 Å². The summed E-state index contributed by atoms with van der Waals surface area (Å²) in [5, 5.41) is -0.773. The van der Waals surface area contributed by atoms with Crippen LogP contribution in [-0.4, -0.2) is 33.2 Å². The van der Waals surface area contributed by atoms with Gasteiger partial charge in [0.1, 0.15) is 4.90 Å². The third-order valence-corrected chi connectivity index (χ3v) is 6.30. The summed E-state index contributed by atoms with van der Waals surface area (Å²) in [5.41, 5.74) is 5.95. The lowest BCUT2D eigenvalue weighted by molar-refractivity contribution is -0.00924. The lowest BCUT2D eigenvalue weighted by Crippen LogP contribution is -2.68. The number of nitrogens with one attached hydrogen (secondary N) is 1. The molecule has 2 fully saturated rings. The van der Waals surface area contributed by atoms with Gasteiger partial charge >= 0.3 is 0 Å². The minimum Gasteiger partial charge on any atom is -0.376 e. The van der Waals surface area contributed by atoms with Gasteiger partial charge < -0.3 is 10.5 Å². The first-order valence-corrected chi connectivity index (χ1v) is 8.60. The van der Waals surface area contributed by atoms with Gasteiger partial charge in [-0.2, -0.15) is 0 Å². The number of hydrogen-bond acceptors (Lipinski definition) is 4. The molecule has 5 nitrogen and oxygen atoms in total. The van der Waals surface area contributed by atoms with Crippen molar-refractivity contribution in [3.05, 3.63) is 28.0 Å². The average molecular weight is 355 g/mol. The largest absolute Gasteiger partial charge is 0.376 e. The van der Waals surface area contributed by atoms with Crippen molar-refractivity contribution in [2.45, 2.75) is 29.5 Å². The molecule has 1 saturated heterocycles. The Labute approximate surface area is 131 Å². The van der Waals surface area contributed by atoms with Crippen LogP contribution >= 0.6 is 23.2 Å². The van der Waals surface area contributed by atoms with Crippen molar-refractivity contribution < 1.29 is 17.5 Å². The van der Waals surface area contributed by atoms with Gasteiger partial charge in [-0.05, 0) is 18.6 Å². The van der Waals surface area contributed by atoms with Crippen LogP contribution < -0.4 is 10.5 Å². The van der Waals surface area contributed by atoms with E-state index in [-0.39, 0.29) is 28.0 Å². The summed E-state index contributed by atoms with van der Waals surface area (Å²) in [6, 6.07) is 1.46. The summed E-state index contributed by atoms with van der Waals surface area (Å²) < 4.78 is 46.2. The predicted molar refractivity (Wildman–Crippen MR) is 76.4 cm³/mol. The quantitative estimate of drug-likeness (QED) is 0.806. The molecule has 1 heterocycles. The van der Waals surface area contributed by atoms with Gasteiger partial charge in [-0.3, -0.25) is 0 Å². The second-order valence-electron chi connectivity index (χ2n) is 5.19. The highest BCUT2D eigenvalue weighted by Crippen LogP contribution is 2.39. The number of nitrogens with two attached hydrogens (primary N) is 1. The van der Waals surface area contributed by atoms with Crippen molar-refractivity contribution in [3.63, 3.8) is 0 Å². The maximum atomic E-state index is 13.6. The molecule has 116 valence electrons. The number of ether oxygens (including phenoxy) is 1. The molecular formula is C12H13Cl2FN2O3S. The van der Waals surface area contributed by atoms with E-state index in [0.717, 1.165) is 18.6 Å². The lowest BCUT2D eigenvalue weighted by Gasteiger charge is -2.45. The van der Waals surface area contributed by atoms with E-state index < -0.39 is 26.9 Å². The molecule has 1 aliphatic heterocycles. The van der Waals surface area contributed by atoms with E-state index in [1.54, 1.807) is 0 Å². The van der Waals surface area contributed by atoms with Crippen LogP contribution in [0.4, 0.5) is 4.39 Å². The highest BCUT2D eigenvalue weighted by molar-refractivity contribution is 7.89. The van der Waals surface area contributed by atoms with Gasteiger partial charge in [0.05, 0.1) is 22.2 Å². The van der Waals surface area contributed by atoms with Crippen LogP contribution in [0.2, 0.25) is 10.0 Å². The van der Waals surface area contributed by atoms with Crippen LogP contribution in [0.15, 0.2) is 17.0 Å². The Balaban J connectivity index is 1.87. The molecule has 1 aromatic rings. The topological polar surface area (TPSA) is 81.4 Å². The molecule has 9 heteroatoms. The average Bonchev–Trinajstić information content (AvgIpc) is 2.87. The fourth-order valence-corrected chi connectivity index (χ4v) is 4.88. The molecule has 0 radical (unpaired) electrons. The zero-order valence-electron chi connectivity index (χ0n) is 10.7. The molecule has 0 spiro atoms. The zero-order valence-corrected chi connectivity index (χ0v) is 13.1. The lowest BCUT2D eigenvalue weighted by atomic mass is 9.73. The highest BCUT2D eigenvalue weighted by atomic mass is 35.5. The van der Waals surface area contributed by atoms with Crippen LogP contribution in [0, 0.1) is 11.7 Å². The fraction of sp³-hybridized carbons (Fsp3) is 0.500. The first-order chi connectivity index (χ1) is 9.83. The molecule has 3 N–H and O–H groups in total. The summed E-state index contributed by atoms with van der Waals surface area (Å²) in [4.78, 5) is -0.361. The molecule has 0 bridgehead atoms. The molecule has 2 aliphatic rings. The molecule has 1 aromatic carbocycles. The van der Waals surface area contributed by atoms with Gasteiger partial charge in [0.2, 0.25) is 10.0 Å². The standard InChI is InChI=1S/C12H13Cl2FN2O3S/c13-6-1-2-7(8(14)9(6)15)21(18,19)17-11-10(16)5-3-4-20-12(5)11/h1-2,5,10-12,17H,3-4,16H2. The van der Waals surface area contributed by atoms with Crippen LogP contribution in [-0.2, 0) is 14.8 Å². The van der Waals surface area contributed by atoms with E-state index in [4.69, 9.17) is 33.7 Å². The highest BCUT2D eigenvalue weighted by Gasteiger charge is 2.53. The Morgan fingerprint density at radius 2 is 2.10 bits per heavy atom. The summed E-state index contributed by atoms with van der Waals surface area (Å²) in [7, 11) is -4.00. The van der Waals surface area contributed by atoms with E-state index in [9.17, 15) is 12.8 Å². The van der Waals surface area contributed by atoms with Crippen molar-refractivity contribution in [2.24, 2.45) is 11.7 Å². The van der Waals surface area contributed by atoms with Crippen molar-refractivity contribution in [2.75, 3.05) is 6.61 Å². The summed E-state index contributed by atoms with van der Waals surface area (Å²) in [6.07, 6.45) is 0.589. The number of rotatable bonds is 3. The number of sulfonamides is 1. The minimum atomic E-state index is -4.00. The number of halogens is 3. The maximum Gasteiger partial charge on any atom is 0.242 e. The van der Waals surface area contributed by atoms with Crippen molar-refractivity contribution >= 4 is 33.2 Å². The number of hydrogen-bond donors (Lipinski definition) is 2. The Morgan fingerprint density at radius 1 is 1.38 bits per heavy atom. The Hall–Kier alpha value is -0.440. The van der Waals surface area contributed by atoms with Crippen molar-refractivity contribution in [1.29, 1.82) is 0 Å². The van der Waals surface area contributed by atoms with Crippen LogP contribution in [0.5, 0.6) is 0 Å². The second-order valence-corrected chi connectivity index (χ2v) is 7.65. The summed E-state index contributed by atoms with van der Waals surface area (Å²) >= 11 is 11.3.